The lowest BCUT2D eigenvalue weighted by molar-refractivity contribution is 0.0707. The molecule has 1 amide bonds. The monoisotopic (exact) mass is 381 g/mol. The van der Waals surface area contributed by atoms with Crippen molar-refractivity contribution in [1.29, 1.82) is 0 Å². The predicted molar refractivity (Wildman–Crippen MR) is 107 cm³/mol. The number of likely N-dealkylation sites (tertiary alicyclic amines) is 1. The number of hydrogen-bond donors (Lipinski definition) is 1. The fourth-order valence-electron chi connectivity index (χ4n) is 3.01. The Morgan fingerprint density at radius 1 is 1.08 bits per heavy atom. The van der Waals surface area contributed by atoms with E-state index < -0.39 is 0 Å². The first-order valence-corrected chi connectivity index (χ1v) is 8.16. The Bertz CT molecular complexity index is 683. The van der Waals surface area contributed by atoms with Gasteiger partial charge in [0.15, 0.2) is 0 Å². The maximum absolute atomic E-state index is 12.7. The summed E-state index contributed by atoms with van der Waals surface area (Å²) in [6.07, 6.45) is 5.50. The van der Waals surface area contributed by atoms with Crippen LogP contribution in [0.3, 0.4) is 0 Å². The number of pyridine rings is 1. The zero-order valence-corrected chi connectivity index (χ0v) is 16.2. The van der Waals surface area contributed by atoms with Crippen molar-refractivity contribution in [2.24, 2.45) is 0 Å². The molecule has 4 nitrogen and oxygen atoms in total. The number of carbonyl (C=O) groups is 1. The van der Waals surface area contributed by atoms with Gasteiger partial charge in [0.2, 0.25) is 0 Å². The molecule has 25 heavy (non-hydrogen) atoms. The summed E-state index contributed by atoms with van der Waals surface area (Å²) < 4.78 is 0. The van der Waals surface area contributed by atoms with Gasteiger partial charge < -0.3 is 10.2 Å². The molecule has 136 valence electrons. The van der Waals surface area contributed by atoms with Crippen LogP contribution in [0.1, 0.15) is 28.8 Å². The van der Waals surface area contributed by atoms with E-state index in [4.69, 9.17) is 0 Å². The van der Waals surface area contributed by atoms with Crippen LogP contribution in [-0.4, -0.2) is 42.0 Å². The Kier molecular flexibility index (Phi) is 8.36. The van der Waals surface area contributed by atoms with Crippen LogP contribution in [0.25, 0.3) is 11.1 Å². The summed E-state index contributed by atoms with van der Waals surface area (Å²) in [6.45, 7) is 3.68. The molecule has 1 saturated heterocycles. The van der Waals surface area contributed by atoms with Crippen molar-refractivity contribution >= 4 is 30.7 Å². The molecule has 0 atom stereocenters. The Morgan fingerprint density at radius 2 is 1.72 bits per heavy atom. The van der Waals surface area contributed by atoms with Gasteiger partial charge in [-0.2, -0.15) is 0 Å². The van der Waals surface area contributed by atoms with E-state index in [1.54, 1.807) is 6.20 Å². The fourth-order valence-corrected chi connectivity index (χ4v) is 3.01. The Labute approximate surface area is 161 Å². The molecule has 1 aliphatic heterocycles. The average Bonchev–Trinajstić information content (AvgIpc) is 2.62. The van der Waals surface area contributed by atoms with E-state index in [2.05, 4.69) is 41.5 Å². The smallest absolute Gasteiger partial charge is 0.255 e. The summed E-state index contributed by atoms with van der Waals surface area (Å²) >= 11 is 0. The SMILES string of the molecule is CNC1CCN(C(=O)c2cncc(-c3ccc(C)cc3)c2)CC1.Cl.Cl. The number of rotatable bonds is 3. The van der Waals surface area contributed by atoms with E-state index >= 15 is 0 Å². The van der Waals surface area contributed by atoms with Crippen LogP contribution in [0.4, 0.5) is 0 Å². The summed E-state index contributed by atoms with van der Waals surface area (Å²) in [5.74, 6) is 0.0843. The van der Waals surface area contributed by atoms with Gasteiger partial charge in [0.1, 0.15) is 0 Å². The summed E-state index contributed by atoms with van der Waals surface area (Å²) in [5, 5.41) is 3.29. The highest BCUT2D eigenvalue weighted by atomic mass is 35.5. The lowest BCUT2D eigenvalue weighted by Gasteiger charge is -2.31. The highest BCUT2D eigenvalue weighted by Gasteiger charge is 2.23. The highest BCUT2D eigenvalue weighted by molar-refractivity contribution is 5.95. The van der Waals surface area contributed by atoms with E-state index in [0.717, 1.165) is 37.1 Å². The zero-order valence-electron chi connectivity index (χ0n) is 14.6. The highest BCUT2D eigenvalue weighted by Crippen LogP contribution is 2.21. The van der Waals surface area contributed by atoms with E-state index in [1.807, 2.05) is 24.2 Å². The molecule has 1 aromatic carbocycles. The van der Waals surface area contributed by atoms with E-state index in [9.17, 15) is 4.79 Å². The van der Waals surface area contributed by atoms with Crippen molar-refractivity contribution in [3.63, 3.8) is 0 Å². The van der Waals surface area contributed by atoms with Crippen molar-refractivity contribution in [3.8, 4) is 11.1 Å². The third-order valence-corrected chi connectivity index (χ3v) is 4.56. The minimum atomic E-state index is 0. The first-order chi connectivity index (χ1) is 11.2. The van der Waals surface area contributed by atoms with Crippen molar-refractivity contribution in [3.05, 3.63) is 53.9 Å². The average molecular weight is 382 g/mol. The lowest BCUT2D eigenvalue weighted by Crippen LogP contribution is -2.43. The van der Waals surface area contributed by atoms with Gasteiger partial charge in [-0.25, -0.2) is 0 Å². The second-order valence-electron chi connectivity index (χ2n) is 6.18. The summed E-state index contributed by atoms with van der Waals surface area (Å²) in [4.78, 5) is 18.9. The number of piperidine rings is 1. The van der Waals surface area contributed by atoms with Gasteiger partial charge in [-0.15, -0.1) is 24.8 Å². The quantitative estimate of drug-likeness (QED) is 0.880. The van der Waals surface area contributed by atoms with Crippen molar-refractivity contribution in [2.45, 2.75) is 25.8 Å². The molecular weight excluding hydrogens is 357 g/mol. The molecular formula is C19H25Cl2N3O. The number of nitrogens with zero attached hydrogens (tertiary/aromatic N) is 2. The maximum atomic E-state index is 12.7. The van der Waals surface area contributed by atoms with Crippen LogP contribution in [0.2, 0.25) is 0 Å². The molecule has 6 heteroatoms. The number of aryl methyl sites for hydroxylation is 1. The number of amides is 1. The standard InChI is InChI=1S/C19H23N3O.2ClH/c1-14-3-5-15(6-4-14)16-11-17(13-21-12-16)19(23)22-9-7-18(20-2)8-10-22;;/h3-6,11-13,18,20H,7-10H2,1-2H3;2*1H. The van der Waals surface area contributed by atoms with E-state index in [1.165, 1.54) is 5.56 Å². The molecule has 1 aliphatic rings. The maximum Gasteiger partial charge on any atom is 0.255 e. The molecule has 1 fully saturated rings. The number of aromatic nitrogens is 1. The zero-order chi connectivity index (χ0) is 16.2. The first kappa shape index (κ1) is 21.4. The molecule has 2 heterocycles. The topological polar surface area (TPSA) is 45.2 Å². The Morgan fingerprint density at radius 3 is 2.32 bits per heavy atom. The molecule has 0 aliphatic carbocycles. The minimum Gasteiger partial charge on any atom is -0.338 e. The number of benzene rings is 1. The molecule has 2 aromatic rings. The number of hydrogen-bond acceptors (Lipinski definition) is 3. The van der Waals surface area contributed by atoms with E-state index in [0.29, 0.717) is 11.6 Å². The van der Waals surface area contributed by atoms with Crippen LogP contribution in [0.5, 0.6) is 0 Å². The van der Waals surface area contributed by atoms with Gasteiger partial charge in [0.05, 0.1) is 5.56 Å². The minimum absolute atomic E-state index is 0. The van der Waals surface area contributed by atoms with Gasteiger partial charge >= 0.3 is 0 Å². The molecule has 0 unspecified atom stereocenters. The van der Waals surface area contributed by atoms with Crippen LogP contribution in [0, 0.1) is 6.92 Å². The second kappa shape index (κ2) is 9.76. The van der Waals surface area contributed by atoms with Gasteiger partial charge in [-0.3, -0.25) is 9.78 Å². The molecule has 0 saturated carbocycles. The van der Waals surface area contributed by atoms with E-state index in [-0.39, 0.29) is 30.7 Å². The summed E-state index contributed by atoms with van der Waals surface area (Å²) in [5.41, 5.74) is 3.97. The number of nitrogens with one attached hydrogen (secondary N) is 1. The van der Waals surface area contributed by atoms with Gasteiger partial charge in [0, 0.05) is 37.1 Å². The van der Waals surface area contributed by atoms with Crippen LogP contribution < -0.4 is 5.32 Å². The largest absolute Gasteiger partial charge is 0.338 e. The Hall–Kier alpha value is -1.62. The molecule has 1 N–H and O–H groups in total. The van der Waals surface area contributed by atoms with Crippen molar-refractivity contribution < 1.29 is 4.79 Å². The fraction of sp³-hybridized carbons (Fsp3) is 0.368. The van der Waals surface area contributed by atoms with Crippen molar-refractivity contribution in [1.82, 2.24) is 15.2 Å². The van der Waals surface area contributed by atoms with Crippen LogP contribution in [-0.2, 0) is 0 Å². The first-order valence-electron chi connectivity index (χ1n) is 8.16. The molecule has 0 radical (unpaired) electrons. The van der Waals surface area contributed by atoms with Crippen LogP contribution >= 0.6 is 24.8 Å². The number of halogens is 2. The van der Waals surface area contributed by atoms with Gasteiger partial charge in [-0.05, 0) is 38.4 Å². The number of carbonyl (C=O) groups excluding carboxylic acids is 1. The van der Waals surface area contributed by atoms with Crippen LogP contribution in [0.15, 0.2) is 42.7 Å². The molecule has 3 rings (SSSR count). The second-order valence-corrected chi connectivity index (χ2v) is 6.18. The summed E-state index contributed by atoms with van der Waals surface area (Å²) in [7, 11) is 1.98. The van der Waals surface area contributed by atoms with Gasteiger partial charge in [-0.1, -0.05) is 29.8 Å². The molecule has 1 aromatic heterocycles. The third kappa shape index (κ3) is 5.18. The molecule has 0 bridgehead atoms. The summed E-state index contributed by atoms with van der Waals surface area (Å²) in [6, 6.07) is 10.8. The normalized spacial score (nSPS) is 14.4. The van der Waals surface area contributed by atoms with Crippen molar-refractivity contribution in [2.75, 3.05) is 20.1 Å². The lowest BCUT2D eigenvalue weighted by atomic mass is 10.0. The predicted octanol–water partition coefficient (Wildman–Crippen LogP) is 3.72. The Balaban J connectivity index is 0.00000156. The third-order valence-electron chi connectivity index (χ3n) is 4.56. The van der Waals surface area contributed by atoms with Gasteiger partial charge in [0.25, 0.3) is 5.91 Å². The molecule has 0 spiro atoms.